The number of hydrogen-bond donors (Lipinski definition) is 0. The molecule has 144 valence electrons. The van der Waals surface area contributed by atoms with Gasteiger partial charge in [-0.2, -0.15) is 4.98 Å². The van der Waals surface area contributed by atoms with Crippen molar-refractivity contribution in [1.82, 2.24) is 14.9 Å². The SMILES string of the molecule is COc1cccc(OC)c1Oc1ncnc(N2CCN(C)CC2)c1[N+](=O)[O-]. The van der Waals surface area contributed by atoms with E-state index in [9.17, 15) is 10.1 Å². The molecule has 0 amide bonds. The van der Waals surface area contributed by atoms with Crippen LogP contribution < -0.4 is 19.1 Å². The lowest BCUT2D eigenvalue weighted by molar-refractivity contribution is -0.385. The molecule has 1 fully saturated rings. The minimum absolute atomic E-state index is 0.160. The summed E-state index contributed by atoms with van der Waals surface area (Å²) in [6.45, 7) is 2.84. The fourth-order valence-corrected chi connectivity index (χ4v) is 2.85. The highest BCUT2D eigenvalue weighted by Crippen LogP contribution is 2.43. The summed E-state index contributed by atoms with van der Waals surface area (Å²) in [6, 6.07) is 5.08. The molecule has 0 N–H and O–H groups in total. The van der Waals surface area contributed by atoms with Crippen molar-refractivity contribution in [3.05, 3.63) is 34.6 Å². The van der Waals surface area contributed by atoms with E-state index in [1.54, 1.807) is 18.2 Å². The van der Waals surface area contributed by atoms with Gasteiger partial charge in [-0.3, -0.25) is 10.1 Å². The Labute approximate surface area is 156 Å². The van der Waals surface area contributed by atoms with Crippen LogP contribution in [0.2, 0.25) is 0 Å². The van der Waals surface area contributed by atoms with Crippen molar-refractivity contribution in [1.29, 1.82) is 0 Å². The van der Waals surface area contributed by atoms with Gasteiger partial charge in [-0.15, -0.1) is 0 Å². The lowest BCUT2D eigenvalue weighted by Crippen LogP contribution is -2.45. The van der Waals surface area contributed by atoms with Crippen LogP contribution in [0.15, 0.2) is 24.5 Å². The molecule has 2 heterocycles. The third-order valence-corrected chi connectivity index (χ3v) is 4.34. The first-order valence-corrected chi connectivity index (χ1v) is 8.37. The van der Waals surface area contributed by atoms with Crippen LogP contribution in [-0.4, -0.2) is 67.2 Å². The second-order valence-corrected chi connectivity index (χ2v) is 5.99. The van der Waals surface area contributed by atoms with Crippen LogP contribution in [0, 0.1) is 10.1 Å². The van der Waals surface area contributed by atoms with Crippen molar-refractivity contribution in [2.45, 2.75) is 0 Å². The number of para-hydroxylation sites is 1. The number of aromatic nitrogens is 2. The highest BCUT2D eigenvalue weighted by atomic mass is 16.6. The van der Waals surface area contributed by atoms with Gasteiger partial charge in [0, 0.05) is 26.2 Å². The maximum atomic E-state index is 11.8. The third kappa shape index (κ3) is 3.85. The van der Waals surface area contributed by atoms with Crippen LogP contribution in [0.3, 0.4) is 0 Å². The molecule has 0 bridgehead atoms. The van der Waals surface area contributed by atoms with E-state index in [1.165, 1.54) is 20.5 Å². The van der Waals surface area contributed by atoms with Crippen molar-refractivity contribution in [3.8, 4) is 23.1 Å². The lowest BCUT2D eigenvalue weighted by Gasteiger charge is -2.32. The smallest absolute Gasteiger partial charge is 0.373 e. The lowest BCUT2D eigenvalue weighted by atomic mass is 10.3. The van der Waals surface area contributed by atoms with Gasteiger partial charge in [0.05, 0.1) is 19.1 Å². The second kappa shape index (κ2) is 8.04. The maximum absolute atomic E-state index is 11.8. The monoisotopic (exact) mass is 375 g/mol. The molecule has 1 aromatic carbocycles. The summed E-state index contributed by atoms with van der Waals surface area (Å²) < 4.78 is 16.4. The van der Waals surface area contributed by atoms with Crippen molar-refractivity contribution >= 4 is 11.5 Å². The first kappa shape index (κ1) is 18.6. The number of methoxy groups -OCH3 is 2. The molecular weight excluding hydrogens is 354 g/mol. The molecule has 0 radical (unpaired) electrons. The summed E-state index contributed by atoms with van der Waals surface area (Å²) in [6.07, 6.45) is 1.26. The predicted octanol–water partition coefficient (Wildman–Crippen LogP) is 1.95. The average molecular weight is 375 g/mol. The van der Waals surface area contributed by atoms with Gasteiger partial charge >= 0.3 is 11.6 Å². The van der Waals surface area contributed by atoms with E-state index in [-0.39, 0.29) is 23.1 Å². The molecule has 0 saturated carbocycles. The zero-order valence-corrected chi connectivity index (χ0v) is 15.4. The molecule has 0 unspecified atom stereocenters. The van der Waals surface area contributed by atoms with E-state index in [2.05, 4.69) is 14.9 Å². The van der Waals surface area contributed by atoms with Crippen molar-refractivity contribution in [3.63, 3.8) is 0 Å². The van der Waals surface area contributed by atoms with E-state index < -0.39 is 4.92 Å². The molecule has 0 spiro atoms. The highest BCUT2D eigenvalue weighted by molar-refractivity contribution is 5.64. The Morgan fingerprint density at radius 2 is 1.70 bits per heavy atom. The Morgan fingerprint density at radius 1 is 1.07 bits per heavy atom. The Hall–Kier alpha value is -3.14. The maximum Gasteiger partial charge on any atom is 0.373 e. The van der Waals surface area contributed by atoms with Gasteiger partial charge in [-0.1, -0.05) is 6.07 Å². The van der Waals surface area contributed by atoms with E-state index in [1.807, 2.05) is 11.9 Å². The Morgan fingerprint density at radius 3 is 2.26 bits per heavy atom. The molecular formula is C17H21N5O5. The summed E-state index contributed by atoms with van der Waals surface area (Å²) in [7, 11) is 4.96. The molecule has 10 nitrogen and oxygen atoms in total. The summed E-state index contributed by atoms with van der Waals surface area (Å²) in [5.74, 6) is 1.05. The Bertz CT molecular complexity index is 801. The normalized spacial score (nSPS) is 14.7. The fourth-order valence-electron chi connectivity index (χ4n) is 2.85. The van der Waals surface area contributed by atoms with E-state index in [0.29, 0.717) is 24.6 Å². The largest absolute Gasteiger partial charge is 0.493 e. The number of ether oxygens (including phenoxy) is 3. The quantitative estimate of drug-likeness (QED) is 0.553. The van der Waals surface area contributed by atoms with Gasteiger partial charge < -0.3 is 24.0 Å². The van der Waals surface area contributed by atoms with Gasteiger partial charge in [0.1, 0.15) is 6.33 Å². The van der Waals surface area contributed by atoms with Crippen LogP contribution in [0.1, 0.15) is 0 Å². The molecule has 10 heteroatoms. The van der Waals surface area contributed by atoms with E-state index in [4.69, 9.17) is 14.2 Å². The van der Waals surface area contributed by atoms with Crippen LogP contribution in [0.4, 0.5) is 11.5 Å². The predicted molar refractivity (Wildman–Crippen MR) is 98.0 cm³/mol. The zero-order chi connectivity index (χ0) is 19.4. The topological polar surface area (TPSA) is 103 Å². The number of rotatable bonds is 6. The van der Waals surface area contributed by atoms with E-state index >= 15 is 0 Å². The summed E-state index contributed by atoms with van der Waals surface area (Å²) in [5.41, 5.74) is -0.282. The standard InChI is InChI=1S/C17H21N5O5/c1-20-7-9-21(10-8-20)16-14(22(23)24)17(19-11-18-16)27-15-12(25-2)5-4-6-13(15)26-3/h4-6,11H,7-10H2,1-3H3. The van der Waals surface area contributed by atoms with Crippen molar-refractivity contribution < 1.29 is 19.1 Å². The fraction of sp³-hybridized carbons (Fsp3) is 0.412. The van der Waals surface area contributed by atoms with Crippen molar-refractivity contribution in [2.24, 2.45) is 0 Å². The minimum atomic E-state index is -0.523. The van der Waals surface area contributed by atoms with Gasteiger partial charge in [-0.25, -0.2) is 4.98 Å². The first-order valence-electron chi connectivity index (χ1n) is 8.37. The minimum Gasteiger partial charge on any atom is -0.493 e. The third-order valence-electron chi connectivity index (χ3n) is 4.34. The molecule has 2 aromatic rings. The molecule has 27 heavy (non-hydrogen) atoms. The molecule has 0 aliphatic carbocycles. The number of anilines is 1. The first-order chi connectivity index (χ1) is 13.0. The number of nitro groups is 1. The van der Waals surface area contributed by atoms with Gasteiger partial charge in [0.2, 0.25) is 11.6 Å². The molecule has 1 aliphatic rings. The van der Waals surface area contributed by atoms with Gasteiger partial charge in [0.15, 0.2) is 11.5 Å². The Balaban J connectivity index is 2.02. The van der Waals surface area contributed by atoms with Crippen LogP contribution >= 0.6 is 0 Å². The summed E-state index contributed by atoms with van der Waals surface area (Å²) >= 11 is 0. The molecule has 1 aliphatic heterocycles. The highest BCUT2D eigenvalue weighted by Gasteiger charge is 2.31. The van der Waals surface area contributed by atoms with Crippen LogP contribution in [-0.2, 0) is 0 Å². The number of benzene rings is 1. The molecule has 1 aromatic heterocycles. The van der Waals surface area contributed by atoms with Crippen LogP contribution in [0.5, 0.6) is 23.1 Å². The Kier molecular flexibility index (Phi) is 5.55. The molecule has 1 saturated heterocycles. The second-order valence-electron chi connectivity index (χ2n) is 5.99. The number of nitrogens with zero attached hydrogens (tertiary/aromatic N) is 5. The number of piperazine rings is 1. The van der Waals surface area contributed by atoms with Gasteiger partial charge in [-0.05, 0) is 19.2 Å². The molecule has 0 atom stereocenters. The summed E-state index contributed by atoms with van der Waals surface area (Å²) in [4.78, 5) is 23.4. The van der Waals surface area contributed by atoms with Gasteiger partial charge in [0.25, 0.3) is 0 Å². The molecule has 3 rings (SSSR count). The van der Waals surface area contributed by atoms with Crippen LogP contribution in [0.25, 0.3) is 0 Å². The number of likely N-dealkylation sites (N-methyl/N-ethyl adjacent to an activating group) is 1. The number of hydrogen-bond acceptors (Lipinski definition) is 9. The average Bonchev–Trinajstić information content (AvgIpc) is 2.68. The zero-order valence-electron chi connectivity index (χ0n) is 15.4. The van der Waals surface area contributed by atoms with Crippen molar-refractivity contribution in [2.75, 3.05) is 52.3 Å². The summed E-state index contributed by atoms with van der Waals surface area (Å²) in [5, 5.41) is 11.8. The van der Waals surface area contributed by atoms with E-state index in [0.717, 1.165) is 13.1 Å².